The van der Waals surface area contributed by atoms with Gasteiger partial charge in [0.1, 0.15) is 0 Å². The van der Waals surface area contributed by atoms with Gasteiger partial charge in [-0.3, -0.25) is 4.98 Å². The van der Waals surface area contributed by atoms with E-state index in [1.165, 1.54) is 11.1 Å². The monoisotopic (exact) mass is 284 g/mol. The molecule has 1 aromatic heterocycles. The molecule has 112 valence electrons. The molecule has 2 rings (SSSR count). The summed E-state index contributed by atoms with van der Waals surface area (Å²) in [6.07, 6.45) is 4.99. The van der Waals surface area contributed by atoms with Gasteiger partial charge in [0.15, 0.2) is 0 Å². The van der Waals surface area contributed by atoms with Crippen molar-refractivity contribution in [3.63, 3.8) is 0 Å². The highest BCUT2D eigenvalue weighted by Crippen LogP contribution is 2.21. The van der Waals surface area contributed by atoms with Crippen LogP contribution in [0.2, 0.25) is 0 Å². The molecular formula is C18H24N2O. The van der Waals surface area contributed by atoms with Gasteiger partial charge in [0.2, 0.25) is 0 Å². The molecule has 0 aliphatic heterocycles. The highest BCUT2D eigenvalue weighted by atomic mass is 16.5. The van der Waals surface area contributed by atoms with Crippen LogP contribution < -0.4 is 5.32 Å². The number of rotatable bonds is 8. The lowest BCUT2D eigenvalue weighted by Crippen LogP contribution is -2.24. The minimum atomic E-state index is 0.202. The number of ether oxygens (including phenoxy) is 1. The maximum Gasteiger partial charge on any atom is 0.0577 e. The number of nitrogens with zero attached hydrogens (tertiary/aromatic N) is 1. The molecule has 0 amide bonds. The summed E-state index contributed by atoms with van der Waals surface area (Å²) in [5.41, 5.74) is 2.51. The molecule has 0 radical (unpaired) electrons. The van der Waals surface area contributed by atoms with Crippen LogP contribution in [-0.4, -0.2) is 24.2 Å². The third-order valence-electron chi connectivity index (χ3n) is 3.29. The van der Waals surface area contributed by atoms with Gasteiger partial charge in [-0.05, 0) is 50.1 Å². The quantitative estimate of drug-likeness (QED) is 0.752. The smallest absolute Gasteiger partial charge is 0.0577 e. The second kappa shape index (κ2) is 8.55. The van der Waals surface area contributed by atoms with Crippen LogP contribution in [0.1, 0.15) is 37.4 Å². The molecule has 1 aromatic carbocycles. The molecule has 3 heteroatoms. The summed E-state index contributed by atoms with van der Waals surface area (Å²) in [6.45, 7) is 5.85. The van der Waals surface area contributed by atoms with Crippen LogP contribution in [0.4, 0.5) is 0 Å². The zero-order valence-corrected chi connectivity index (χ0v) is 12.8. The SMILES string of the molecule is CC(C)OCCCNC(c1ccccc1)c1ccncc1. The first-order chi connectivity index (χ1) is 10.3. The first kappa shape index (κ1) is 15.7. The van der Waals surface area contributed by atoms with Gasteiger partial charge in [-0.2, -0.15) is 0 Å². The van der Waals surface area contributed by atoms with E-state index in [0.29, 0.717) is 6.10 Å². The molecule has 0 fully saturated rings. The van der Waals surface area contributed by atoms with Crippen molar-refractivity contribution in [1.82, 2.24) is 10.3 Å². The molecule has 1 atom stereocenters. The highest BCUT2D eigenvalue weighted by molar-refractivity contribution is 5.30. The summed E-state index contributed by atoms with van der Waals surface area (Å²) in [7, 11) is 0. The minimum absolute atomic E-state index is 0.202. The molecule has 0 aliphatic rings. The molecular weight excluding hydrogens is 260 g/mol. The largest absolute Gasteiger partial charge is 0.379 e. The van der Waals surface area contributed by atoms with E-state index in [9.17, 15) is 0 Å². The minimum Gasteiger partial charge on any atom is -0.379 e. The molecule has 21 heavy (non-hydrogen) atoms. The fraction of sp³-hybridized carbons (Fsp3) is 0.389. The summed E-state index contributed by atoms with van der Waals surface area (Å²) in [5, 5.41) is 3.62. The molecule has 1 heterocycles. The van der Waals surface area contributed by atoms with Crippen LogP contribution in [0.15, 0.2) is 54.9 Å². The third kappa shape index (κ3) is 5.29. The van der Waals surface area contributed by atoms with Crippen LogP contribution in [0.5, 0.6) is 0 Å². The standard InChI is InChI=1S/C18H24N2O/c1-15(2)21-14-6-11-20-18(16-7-4-3-5-8-16)17-9-12-19-13-10-17/h3-5,7-10,12-13,15,18,20H,6,11,14H2,1-2H3. The summed E-state index contributed by atoms with van der Waals surface area (Å²) in [5.74, 6) is 0. The number of aromatic nitrogens is 1. The molecule has 0 saturated heterocycles. The first-order valence-electron chi connectivity index (χ1n) is 7.57. The van der Waals surface area contributed by atoms with Gasteiger partial charge in [0, 0.05) is 19.0 Å². The van der Waals surface area contributed by atoms with Crippen LogP contribution in [0.25, 0.3) is 0 Å². The fourth-order valence-corrected chi connectivity index (χ4v) is 2.27. The molecule has 0 bridgehead atoms. The van der Waals surface area contributed by atoms with Crippen LogP contribution >= 0.6 is 0 Å². The van der Waals surface area contributed by atoms with E-state index in [1.807, 2.05) is 18.5 Å². The van der Waals surface area contributed by atoms with Gasteiger partial charge in [-0.25, -0.2) is 0 Å². The van der Waals surface area contributed by atoms with E-state index in [0.717, 1.165) is 19.6 Å². The molecule has 0 spiro atoms. The van der Waals surface area contributed by atoms with E-state index < -0.39 is 0 Å². The topological polar surface area (TPSA) is 34.1 Å². The average Bonchev–Trinajstić information content (AvgIpc) is 2.52. The van der Waals surface area contributed by atoms with E-state index in [-0.39, 0.29) is 6.04 Å². The van der Waals surface area contributed by atoms with Gasteiger partial charge < -0.3 is 10.1 Å². The Morgan fingerprint density at radius 1 is 1.00 bits per heavy atom. The van der Waals surface area contributed by atoms with Crippen molar-refractivity contribution in [2.24, 2.45) is 0 Å². The Kier molecular flexibility index (Phi) is 6.38. The molecule has 0 aliphatic carbocycles. The molecule has 3 nitrogen and oxygen atoms in total. The van der Waals surface area contributed by atoms with E-state index >= 15 is 0 Å². The normalized spacial score (nSPS) is 12.5. The lowest BCUT2D eigenvalue weighted by Gasteiger charge is -2.20. The fourth-order valence-electron chi connectivity index (χ4n) is 2.27. The zero-order valence-electron chi connectivity index (χ0n) is 12.8. The highest BCUT2D eigenvalue weighted by Gasteiger charge is 2.12. The lowest BCUT2D eigenvalue weighted by molar-refractivity contribution is 0.0768. The maximum atomic E-state index is 5.59. The van der Waals surface area contributed by atoms with Crippen molar-refractivity contribution in [3.05, 3.63) is 66.0 Å². The lowest BCUT2D eigenvalue weighted by atomic mass is 9.99. The maximum absolute atomic E-state index is 5.59. The van der Waals surface area contributed by atoms with Gasteiger partial charge in [0.25, 0.3) is 0 Å². The van der Waals surface area contributed by atoms with Gasteiger partial charge in [0.05, 0.1) is 12.1 Å². The predicted molar refractivity (Wildman–Crippen MR) is 86.2 cm³/mol. The first-order valence-corrected chi connectivity index (χ1v) is 7.57. The molecule has 0 saturated carbocycles. The Morgan fingerprint density at radius 2 is 1.67 bits per heavy atom. The van der Waals surface area contributed by atoms with E-state index in [1.54, 1.807) is 0 Å². The van der Waals surface area contributed by atoms with Crippen LogP contribution in [0.3, 0.4) is 0 Å². The number of hydrogen-bond acceptors (Lipinski definition) is 3. The van der Waals surface area contributed by atoms with Crippen molar-refractivity contribution in [2.45, 2.75) is 32.4 Å². The van der Waals surface area contributed by atoms with Crippen molar-refractivity contribution in [3.8, 4) is 0 Å². The molecule has 1 unspecified atom stereocenters. The van der Waals surface area contributed by atoms with Gasteiger partial charge in [-0.15, -0.1) is 0 Å². The van der Waals surface area contributed by atoms with E-state index in [2.05, 4.69) is 60.5 Å². The van der Waals surface area contributed by atoms with Gasteiger partial charge >= 0.3 is 0 Å². The third-order valence-corrected chi connectivity index (χ3v) is 3.29. The summed E-state index contributed by atoms with van der Waals surface area (Å²) < 4.78 is 5.59. The van der Waals surface area contributed by atoms with Crippen LogP contribution in [0, 0.1) is 0 Å². The second-order valence-electron chi connectivity index (χ2n) is 5.35. The van der Waals surface area contributed by atoms with Crippen molar-refractivity contribution < 1.29 is 4.74 Å². The average molecular weight is 284 g/mol. The number of hydrogen-bond donors (Lipinski definition) is 1. The van der Waals surface area contributed by atoms with Crippen molar-refractivity contribution >= 4 is 0 Å². The Morgan fingerprint density at radius 3 is 2.33 bits per heavy atom. The Hall–Kier alpha value is -1.71. The number of pyridine rings is 1. The summed E-state index contributed by atoms with van der Waals surface area (Å²) >= 11 is 0. The predicted octanol–water partition coefficient (Wildman–Crippen LogP) is 3.58. The zero-order chi connectivity index (χ0) is 14.9. The van der Waals surface area contributed by atoms with E-state index in [4.69, 9.17) is 4.74 Å². The second-order valence-corrected chi connectivity index (χ2v) is 5.35. The Bertz CT molecular complexity index is 460. The Labute approximate surface area is 127 Å². The Balaban J connectivity index is 1.97. The summed E-state index contributed by atoms with van der Waals surface area (Å²) in [4.78, 5) is 4.10. The van der Waals surface area contributed by atoms with Gasteiger partial charge in [-0.1, -0.05) is 30.3 Å². The van der Waals surface area contributed by atoms with Crippen LogP contribution in [-0.2, 0) is 4.74 Å². The molecule has 1 N–H and O–H groups in total. The van der Waals surface area contributed by atoms with Crippen molar-refractivity contribution in [2.75, 3.05) is 13.2 Å². The van der Waals surface area contributed by atoms with Crippen molar-refractivity contribution in [1.29, 1.82) is 0 Å². The molecule has 2 aromatic rings. The number of benzene rings is 1. The number of nitrogens with one attached hydrogen (secondary N) is 1. The summed E-state index contributed by atoms with van der Waals surface area (Å²) in [6, 6.07) is 14.8.